The monoisotopic (exact) mass is 924 g/mol. The van der Waals surface area contributed by atoms with Gasteiger partial charge in [-0.05, 0) is 89.8 Å². The number of rotatable bonds is 30. The molecule has 16 heteroatoms. The van der Waals surface area contributed by atoms with Crippen LogP contribution in [-0.4, -0.2) is 87.7 Å². The fraction of sp³-hybridized carbons (Fsp3) is 0.580. The van der Waals surface area contributed by atoms with Crippen LogP contribution in [0.3, 0.4) is 0 Å². The maximum absolute atomic E-state index is 13.8. The number of carbonyl (C=O) groups excluding carboxylic acids is 5. The van der Waals surface area contributed by atoms with E-state index in [2.05, 4.69) is 0 Å². The third-order valence-corrected chi connectivity index (χ3v) is 9.88. The highest BCUT2D eigenvalue weighted by Crippen LogP contribution is 2.26. The van der Waals surface area contributed by atoms with Gasteiger partial charge in [0.25, 0.3) is 0 Å². The molecule has 0 fully saturated rings. The smallest absolute Gasteiger partial charge is 0.344 e. The second-order valence-electron chi connectivity index (χ2n) is 18.2. The lowest BCUT2D eigenvalue weighted by atomic mass is 10.0. The molecule has 0 radical (unpaired) electrons. The molecule has 1 heterocycles. The molecule has 1 amide bonds. The van der Waals surface area contributed by atoms with E-state index in [4.69, 9.17) is 33.3 Å². The van der Waals surface area contributed by atoms with Gasteiger partial charge >= 0.3 is 23.9 Å². The molecule has 2 aromatic carbocycles. The van der Waals surface area contributed by atoms with E-state index in [1.54, 1.807) is 60.8 Å². The third-order valence-electron chi connectivity index (χ3n) is 9.88. The molecule has 0 atom stereocenters. The third kappa shape index (κ3) is 23.3. The summed E-state index contributed by atoms with van der Waals surface area (Å²) in [6, 6.07) is 14.6. The van der Waals surface area contributed by atoms with E-state index < -0.39 is 54.1 Å². The molecule has 3 aromatic rings. The van der Waals surface area contributed by atoms with Gasteiger partial charge in [-0.25, -0.2) is 14.4 Å². The lowest BCUT2D eigenvalue weighted by Crippen LogP contribution is -2.34. The van der Waals surface area contributed by atoms with Crippen LogP contribution in [0.4, 0.5) is 0 Å². The van der Waals surface area contributed by atoms with E-state index in [1.807, 2.05) is 24.3 Å². The second-order valence-corrected chi connectivity index (χ2v) is 18.2. The minimum Gasteiger partial charge on any atom is -0.497 e. The fourth-order valence-electron chi connectivity index (χ4n) is 6.73. The Bertz CT molecular complexity index is 1890. The zero-order chi connectivity index (χ0) is 48.5. The Balaban J connectivity index is 1.47. The van der Waals surface area contributed by atoms with Gasteiger partial charge < -0.3 is 48.4 Å². The summed E-state index contributed by atoms with van der Waals surface area (Å²) >= 11 is 0. The van der Waals surface area contributed by atoms with Crippen molar-refractivity contribution < 1.29 is 67.4 Å². The molecule has 0 aliphatic heterocycles. The van der Waals surface area contributed by atoms with Crippen LogP contribution in [0, 0.1) is 0 Å². The van der Waals surface area contributed by atoms with Crippen molar-refractivity contribution in [1.82, 2.24) is 9.63 Å². The van der Waals surface area contributed by atoms with Gasteiger partial charge in [0, 0.05) is 44.1 Å². The molecular formula is C50H72N2O14. The van der Waals surface area contributed by atoms with Crippen LogP contribution in [-0.2, 0) is 51.3 Å². The quantitative estimate of drug-likeness (QED) is 0.0365. The number of hydrogen-bond donors (Lipinski definition) is 2. The summed E-state index contributed by atoms with van der Waals surface area (Å²) in [6.45, 7) is 9.84. The van der Waals surface area contributed by atoms with Gasteiger partial charge in [0.05, 0.1) is 13.5 Å². The summed E-state index contributed by atoms with van der Waals surface area (Å²) in [7, 11) is 1.61. The Morgan fingerprint density at radius 1 is 0.545 bits per heavy atom. The summed E-state index contributed by atoms with van der Waals surface area (Å²) in [6.07, 6.45) is 12.6. The van der Waals surface area contributed by atoms with Crippen LogP contribution >= 0.6 is 0 Å². The maximum Gasteiger partial charge on any atom is 0.344 e. The van der Waals surface area contributed by atoms with E-state index in [-0.39, 0.29) is 55.9 Å². The molecule has 0 bridgehead atoms. The van der Waals surface area contributed by atoms with Gasteiger partial charge in [-0.2, -0.15) is 0 Å². The number of benzene rings is 2. The first kappa shape index (κ1) is 54.4. The number of methoxy groups -OCH3 is 1. The SMILES string of the molecule is COc1ccc(COC(=O)CCCCCCCCCCCCCCC(=O)N(CCC(=O)On2c(O)ccc2O)Cc2cc(OCC(=O)OC(C)(C)C)cc(OCC(=O)OC(C)(C)C)c2)cc1. The highest BCUT2D eigenvalue weighted by Gasteiger charge is 2.22. The predicted molar refractivity (Wildman–Crippen MR) is 246 cm³/mol. The van der Waals surface area contributed by atoms with Gasteiger partial charge in [-0.3, -0.25) is 9.59 Å². The summed E-state index contributed by atoms with van der Waals surface area (Å²) in [4.78, 5) is 70.3. The van der Waals surface area contributed by atoms with E-state index >= 15 is 0 Å². The molecular weight excluding hydrogens is 853 g/mol. The predicted octanol–water partition coefficient (Wildman–Crippen LogP) is 8.93. The fourth-order valence-corrected chi connectivity index (χ4v) is 6.73. The van der Waals surface area contributed by atoms with Crippen molar-refractivity contribution in [2.75, 3.05) is 26.9 Å². The van der Waals surface area contributed by atoms with Crippen molar-refractivity contribution in [1.29, 1.82) is 0 Å². The van der Waals surface area contributed by atoms with E-state index in [9.17, 15) is 34.2 Å². The zero-order valence-electron chi connectivity index (χ0n) is 40.0. The van der Waals surface area contributed by atoms with Gasteiger partial charge in [-0.1, -0.05) is 76.3 Å². The molecule has 1 aromatic heterocycles. The van der Waals surface area contributed by atoms with Gasteiger partial charge in [0.2, 0.25) is 17.7 Å². The topological polar surface area (TPSA) is 199 Å². The molecule has 0 saturated heterocycles. The normalized spacial score (nSPS) is 11.4. The molecule has 366 valence electrons. The van der Waals surface area contributed by atoms with Gasteiger partial charge in [0.15, 0.2) is 13.2 Å². The zero-order valence-corrected chi connectivity index (χ0v) is 40.0. The molecule has 0 aliphatic rings. The molecule has 0 unspecified atom stereocenters. The summed E-state index contributed by atoms with van der Waals surface area (Å²) in [5, 5.41) is 19.9. The average molecular weight is 925 g/mol. The first-order valence-electron chi connectivity index (χ1n) is 23.0. The van der Waals surface area contributed by atoms with Crippen molar-refractivity contribution in [3.05, 3.63) is 65.7 Å². The molecule has 0 aliphatic carbocycles. The Labute approximate surface area is 389 Å². The highest BCUT2D eigenvalue weighted by molar-refractivity contribution is 5.77. The average Bonchev–Trinajstić information content (AvgIpc) is 3.56. The summed E-state index contributed by atoms with van der Waals surface area (Å²) in [5.41, 5.74) is 0.00202. The van der Waals surface area contributed by atoms with Crippen LogP contribution in [0.25, 0.3) is 0 Å². The Hall–Kier alpha value is -5.93. The number of esters is 3. The number of hydrogen-bond acceptors (Lipinski definition) is 14. The van der Waals surface area contributed by atoms with Crippen molar-refractivity contribution >= 4 is 29.8 Å². The first-order chi connectivity index (χ1) is 31.3. The molecule has 0 spiro atoms. The Kier molecular flexibility index (Phi) is 23.2. The lowest BCUT2D eigenvalue weighted by Gasteiger charge is -2.24. The first-order valence-corrected chi connectivity index (χ1v) is 23.0. The summed E-state index contributed by atoms with van der Waals surface area (Å²) < 4.78 is 33.4. The van der Waals surface area contributed by atoms with Crippen molar-refractivity contribution in [3.8, 4) is 29.0 Å². The minimum atomic E-state index is -0.801. The lowest BCUT2D eigenvalue weighted by molar-refractivity contribution is -0.158. The van der Waals surface area contributed by atoms with E-state index in [0.29, 0.717) is 23.1 Å². The van der Waals surface area contributed by atoms with Crippen LogP contribution < -0.4 is 19.0 Å². The molecule has 0 saturated carbocycles. The van der Waals surface area contributed by atoms with E-state index in [1.165, 1.54) is 23.1 Å². The molecule has 66 heavy (non-hydrogen) atoms. The Morgan fingerprint density at radius 3 is 1.48 bits per heavy atom. The molecule has 16 nitrogen and oxygen atoms in total. The standard InChI is InChI=1S/C50H72N2O14/c1-49(2,3)64-47(58)35-61-40-30-38(31-41(32-40)62-36-48(59)65-50(4,5)6)33-51(29-28-46(57)66-52-43(54)26-27-44(52)55)42(53)20-18-16-14-12-10-8-9-11-13-15-17-19-21-45(56)63-34-37-22-24-39(60-7)25-23-37/h22-27,30-32,54-55H,8-21,28-29,33-36H2,1-7H3. The number of nitrogens with zero attached hydrogens (tertiary/aromatic N) is 2. The van der Waals surface area contributed by atoms with Gasteiger partial charge in [0.1, 0.15) is 35.1 Å². The maximum atomic E-state index is 13.8. The highest BCUT2D eigenvalue weighted by atomic mass is 16.7. The largest absolute Gasteiger partial charge is 0.497 e. The van der Waals surface area contributed by atoms with Crippen molar-refractivity contribution in [2.24, 2.45) is 0 Å². The van der Waals surface area contributed by atoms with Crippen molar-refractivity contribution in [2.45, 2.75) is 162 Å². The van der Waals surface area contributed by atoms with Crippen molar-refractivity contribution in [3.63, 3.8) is 0 Å². The van der Waals surface area contributed by atoms with Crippen LogP contribution in [0.1, 0.15) is 149 Å². The number of aromatic nitrogens is 1. The minimum absolute atomic E-state index is 0.0104. The van der Waals surface area contributed by atoms with Crippen LogP contribution in [0.15, 0.2) is 54.6 Å². The van der Waals surface area contributed by atoms with Gasteiger partial charge in [-0.15, -0.1) is 4.73 Å². The number of ether oxygens (including phenoxy) is 6. The summed E-state index contributed by atoms with van der Waals surface area (Å²) in [5.74, 6) is -2.11. The van der Waals surface area contributed by atoms with Crippen LogP contribution in [0.5, 0.6) is 29.0 Å². The number of unbranched alkanes of at least 4 members (excludes halogenated alkanes) is 11. The number of aromatic hydroxyl groups is 2. The molecule has 2 N–H and O–H groups in total. The number of amides is 1. The van der Waals surface area contributed by atoms with E-state index in [0.717, 1.165) is 81.9 Å². The second kappa shape index (κ2) is 28.2. The van der Waals surface area contributed by atoms with Crippen LogP contribution in [0.2, 0.25) is 0 Å². The Morgan fingerprint density at radius 2 is 1.02 bits per heavy atom. The number of carbonyl (C=O) groups is 5. The molecule has 3 rings (SSSR count).